The third-order valence-electron chi connectivity index (χ3n) is 2.87. The van der Waals surface area contributed by atoms with Gasteiger partial charge in [-0.2, -0.15) is 0 Å². The topological polar surface area (TPSA) is 66.4 Å². The van der Waals surface area contributed by atoms with Crippen LogP contribution in [0.3, 0.4) is 0 Å². The van der Waals surface area contributed by atoms with Crippen molar-refractivity contribution in [3.8, 4) is 0 Å². The summed E-state index contributed by atoms with van der Waals surface area (Å²) in [6, 6.07) is 12.6. The molecule has 0 amide bonds. The van der Waals surface area contributed by atoms with Gasteiger partial charge in [0.1, 0.15) is 4.90 Å². The maximum absolute atomic E-state index is 12.4. The Morgan fingerprint density at radius 3 is 2.43 bits per heavy atom. The second-order valence-electron chi connectivity index (χ2n) is 4.34. The van der Waals surface area contributed by atoms with E-state index in [0.717, 1.165) is 0 Å². The van der Waals surface area contributed by atoms with Gasteiger partial charge in [0.2, 0.25) is 10.0 Å². The highest BCUT2D eigenvalue weighted by molar-refractivity contribution is 9.10. The van der Waals surface area contributed by atoms with Crippen LogP contribution in [0.25, 0.3) is 0 Å². The van der Waals surface area contributed by atoms with Crippen molar-refractivity contribution in [2.24, 2.45) is 0 Å². The van der Waals surface area contributed by atoms with Crippen LogP contribution in [0.15, 0.2) is 57.9 Å². The summed E-state index contributed by atoms with van der Waals surface area (Å²) in [6.07, 6.45) is 0. The smallest absolute Gasteiger partial charge is 0.242 e. The molecule has 0 fully saturated rings. The molecule has 4 nitrogen and oxygen atoms in total. The van der Waals surface area contributed by atoms with Crippen molar-refractivity contribution in [1.29, 1.82) is 0 Å². The molecule has 0 heterocycles. The third-order valence-corrected chi connectivity index (χ3v) is 5.31. The second-order valence-corrected chi connectivity index (χ2v) is 7.35. The summed E-state index contributed by atoms with van der Waals surface area (Å²) in [7, 11) is -3.83. The first-order valence-corrected chi connectivity index (χ1v) is 8.72. The molecule has 21 heavy (non-hydrogen) atoms. The molecule has 0 saturated carbocycles. The Hall–Kier alpha value is -0.920. The van der Waals surface area contributed by atoms with Gasteiger partial charge in [-0.3, -0.25) is 0 Å². The Bertz CT molecular complexity index is 722. The Morgan fingerprint density at radius 1 is 1.19 bits per heavy atom. The summed E-state index contributed by atoms with van der Waals surface area (Å²) in [4.78, 5) is -0.0262. The van der Waals surface area contributed by atoms with E-state index in [1.807, 2.05) is 6.07 Å². The molecule has 0 aliphatic rings. The van der Waals surface area contributed by atoms with Crippen molar-refractivity contribution in [1.82, 2.24) is 4.72 Å². The lowest BCUT2D eigenvalue weighted by Crippen LogP contribution is -2.31. The van der Waals surface area contributed by atoms with Gasteiger partial charge >= 0.3 is 0 Å². The van der Waals surface area contributed by atoms with Gasteiger partial charge in [-0.1, -0.05) is 57.9 Å². The first-order chi connectivity index (χ1) is 9.94. The third kappa shape index (κ3) is 4.05. The quantitative estimate of drug-likeness (QED) is 0.824. The van der Waals surface area contributed by atoms with Crippen molar-refractivity contribution >= 4 is 37.6 Å². The lowest BCUT2D eigenvalue weighted by atomic mass is 10.1. The Kier molecular flexibility index (Phi) is 5.40. The molecule has 0 aliphatic heterocycles. The number of halogens is 2. The molecular formula is C14H13BrClNO3S. The van der Waals surface area contributed by atoms with Gasteiger partial charge < -0.3 is 5.11 Å². The molecule has 2 aromatic rings. The summed E-state index contributed by atoms with van der Waals surface area (Å²) in [5.74, 6) is 0. The minimum atomic E-state index is -3.83. The highest BCUT2D eigenvalue weighted by Gasteiger charge is 2.23. The maximum Gasteiger partial charge on any atom is 0.242 e. The average molecular weight is 391 g/mol. The molecule has 7 heteroatoms. The van der Waals surface area contributed by atoms with E-state index in [9.17, 15) is 13.5 Å². The lowest BCUT2D eigenvalue weighted by molar-refractivity contribution is 0.259. The molecule has 0 aliphatic carbocycles. The van der Waals surface area contributed by atoms with Crippen LogP contribution in [-0.4, -0.2) is 20.1 Å². The largest absolute Gasteiger partial charge is 0.394 e. The van der Waals surface area contributed by atoms with Crippen molar-refractivity contribution in [2.45, 2.75) is 10.9 Å². The summed E-state index contributed by atoms with van der Waals surface area (Å²) < 4.78 is 27.9. The standard InChI is InChI=1S/C14H13BrClNO3S/c15-11-6-7-14(12(16)8-11)21(19,20)17-13(9-18)10-4-2-1-3-5-10/h1-8,13,17-18H,9H2. The monoisotopic (exact) mass is 389 g/mol. The number of aliphatic hydroxyl groups excluding tert-OH is 1. The van der Waals surface area contributed by atoms with Crippen LogP contribution in [-0.2, 0) is 10.0 Å². The number of nitrogens with one attached hydrogen (secondary N) is 1. The fourth-order valence-electron chi connectivity index (χ4n) is 1.84. The SMILES string of the molecule is O=S(=O)(NC(CO)c1ccccc1)c1ccc(Br)cc1Cl. The number of hydrogen-bond donors (Lipinski definition) is 2. The van der Waals surface area contributed by atoms with Crippen molar-refractivity contribution < 1.29 is 13.5 Å². The molecule has 1 unspecified atom stereocenters. The molecule has 0 radical (unpaired) electrons. The van der Waals surface area contributed by atoms with E-state index in [1.54, 1.807) is 30.3 Å². The van der Waals surface area contributed by atoms with E-state index in [4.69, 9.17) is 11.6 Å². The van der Waals surface area contributed by atoms with Crippen LogP contribution in [0.2, 0.25) is 5.02 Å². The Labute approximate surface area is 136 Å². The summed E-state index contributed by atoms with van der Waals surface area (Å²) in [5, 5.41) is 9.55. The molecular weight excluding hydrogens is 378 g/mol. The van der Waals surface area contributed by atoms with Gasteiger partial charge in [0.25, 0.3) is 0 Å². The van der Waals surface area contributed by atoms with Crippen LogP contribution in [0.1, 0.15) is 11.6 Å². The van der Waals surface area contributed by atoms with Crippen LogP contribution in [0.4, 0.5) is 0 Å². The van der Waals surface area contributed by atoms with E-state index in [0.29, 0.717) is 10.0 Å². The highest BCUT2D eigenvalue weighted by Crippen LogP contribution is 2.26. The van der Waals surface area contributed by atoms with Gasteiger partial charge in [0.05, 0.1) is 17.7 Å². The molecule has 2 N–H and O–H groups in total. The normalized spacial score (nSPS) is 13.1. The van der Waals surface area contributed by atoms with Crippen molar-refractivity contribution in [3.05, 3.63) is 63.6 Å². The van der Waals surface area contributed by atoms with E-state index in [1.165, 1.54) is 12.1 Å². The van der Waals surface area contributed by atoms with E-state index in [2.05, 4.69) is 20.7 Å². The molecule has 0 aromatic heterocycles. The highest BCUT2D eigenvalue weighted by atomic mass is 79.9. The molecule has 0 bridgehead atoms. The Balaban J connectivity index is 2.32. The van der Waals surface area contributed by atoms with Crippen molar-refractivity contribution in [2.75, 3.05) is 6.61 Å². The summed E-state index contributed by atoms with van der Waals surface area (Å²) in [6.45, 7) is -0.350. The number of benzene rings is 2. The molecule has 112 valence electrons. The molecule has 2 rings (SSSR count). The first kappa shape index (κ1) is 16.5. The number of hydrogen-bond acceptors (Lipinski definition) is 3. The van der Waals surface area contributed by atoms with E-state index in [-0.39, 0.29) is 16.5 Å². The fourth-order valence-corrected chi connectivity index (χ4v) is 4.09. The Morgan fingerprint density at radius 2 is 1.86 bits per heavy atom. The summed E-state index contributed by atoms with van der Waals surface area (Å²) >= 11 is 9.20. The van der Waals surface area contributed by atoms with Crippen LogP contribution in [0, 0.1) is 0 Å². The van der Waals surface area contributed by atoms with E-state index < -0.39 is 16.1 Å². The van der Waals surface area contributed by atoms with Crippen LogP contribution < -0.4 is 4.72 Å². The van der Waals surface area contributed by atoms with Gasteiger partial charge in [0, 0.05) is 4.47 Å². The van der Waals surface area contributed by atoms with E-state index >= 15 is 0 Å². The first-order valence-electron chi connectivity index (χ1n) is 6.07. The minimum absolute atomic E-state index is 0.0262. The fraction of sp³-hybridized carbons (Fsp3) is 0.143. The predicted octanol–water partition coefficient (Wildman–Crippen LogP) is 3.11. The molecule has 2 aromatic carbocycles. The number of sulfonamides is 1. The van der Waals surface area contributed by atoms with Gasteiger partial charge in [-0.25, -0.2) is 13.1 Å². The van der Waals surface area contributed by atoms with Gasteiger partial charge in [-0.15, -0.1) is 0 Å². The zero-order valence-electron chi connectivity index (χ0n) is 10.8. The van der Waals surface area contributed by atoms with Crippen LogP contribution >= 0.6 is 27.5 Å². The van der Waals surface area contributed by atoms with Crippen molar-refractivity contribution in [3.63, 3.8) is 0 Å². The molecule has 1 atom stereocenters. The second kappa shape index (κ2) is 6.89. The molecule has 0 saturated heterocycles. The van der Waals surface area contributed by atoms with Gasteiger partial charge in [0.15, 0.2) is 0 Å². The zero-order chi connectivity index (χ0) is 15.5. The molecule has 0 spiro atoms. The minimum Gasteiger partial charge on any atom is -0.394 e. The summed E-state index contributed by atoms with van der Waals surface area (Å²) in [5.41, 5.74) is 0.678. The predicted molar refractivity (Wildman–Crippen MR) is 85.7 cm³/mol. The maximum atomic E-state index is 12.4. The average Bonchev–Trinajstić information content (AvgIpc) is 2.45. The lowest BCUT2D eigenvalue weighted by Gasteiger charge is -2.17. The van der Waals surface area contributed by atoms with Crippen LogP contribution in [0.5, 0.6) is 0 Å². The zero-order valence-corrected chi connectivity index (χ0v) is 14.0. The number of rotatable bonds is 5. The number of aliphatic hydroxyl groups is 1. The van der Waals surface area contributed by atoms with Gasteiger partial charge in [-0.05, 0) is 23.8 Å².